The van der Waals surface area contributed by atoms with Crippen LogP contribution in [0.1, 0.15) is 30.0 Å². The van der Waals surface area contributed by atoms with Gasteiger partial charge >= 0.3 is 0 Å². The van der Waals surface area contributed by atoms with E-state index in [2.05, 4.69) is 11.4 Å². The summed E-state index contributed by atoms with van der Waals surface area (Å²) in [5.41, 5.74) is 2.66. The molecule has 0 fully saturated rings. The van der Waals surface area contributed by atoms with Gasteiger partial charge in [-0.15, -0.1) is 0 Å². The van der Waals surface area contributed by atoms with Crippen LogP contribution in [0.2, 0.25) is 0 Å². The second-order valence-electron chi connectivity index (χ2n) is 8.36. The first-order valence-corrected chi connectivity index (χ1v) is 12.8. The number of fused-ring (bicyclic) bond motifs is 2. The van der Waals surface area contributed by atoms with E-state index in [1.165, 1.54) is 17.7 Å². The maximum Gasteiger partial charge on any atom is 0.264 e. The van der Waals surface area contributed by atoms with Crippen molar-refractivity contribution in [3.8, 4) is 11.5 Å². The molecule has 1 aliphatic heterocycles. The number of aryl methyl sites for hydroxylation is 1. The quantitative estimate of drug-likeness (QED) is 0.582. The van der Waals surface area contributed by atoms with Gasteiger partial charge in [0.15, 0.2) is 11.5 Å². The Morgan fingerprint density at radius 3 is 2.50 bits per heavy atom. The monoisotopic (exact) mass is 478 g/mol. The van der Waals surface area contributed by atoms with Gasteiger partial charge in [0.2, 0.25) is 5.91 Å². The molecule has 1 unspecified atom stereocenters. The molecule has 0 saturated carbocycles. The Hall–Kier alpha value is -3.52. The van der Waals surface area contributed by atoms with Crippen LogP contribution in [0, 0.1) is 0 Å². The van der Waals surface area contributed by atoms with Crippen molar-refractivity contribution in [3.05, 3.63) is 83.9 Å². The molecule has 5 rings (SSSR count). The summed E-state index contributed by atoms with van der Waals surface area (Å²) >= 11 is 0. The Balaban J connectivity index is 1.45. The number of nitrogens with one attached hydrogen (secondary N) is 1. The third kappa shape index (κ3) is 4.46. The van der Waals surface area contributed by atoms with Crippen molar-refractivity contribution in [2.75, 3.05) is 24.1 Å². The number of ether oxygens (including phenoxy) is 2. The van der Waals surface area contributed by atoms with Crippen LogP contribution in [0.15, 0.2) is 77.7 Å². The van der Waals surface area contributed by atoms with Gasteiger partial charge in [-0.25, -0.2) is 8.42 Å². The van der Waals surface area contributed by atoms with Gasteiger partial charge in [-0.2, -0.15) is 0 Å². The van der Waals surface area contributed by atoms with Gasteiger partial charge in [0, 0.05) is 6.07 Å². The molecule has 1 atom stereocenters. The molecule has 34 heavy (non-hydrogen) atoms. The molecule has 0 saturated heterocycles. The Morgan fingerprint density at radius 1 is 0.941 bits per heavy atom. The molecule has 1 aliphatic carbocycles. The van der Waals surface area contributed by atoms with Gasteiger partial charge < -0.3 is 14.8 Å². The van der Waals surface area contributed by atoms with Crippen molar-refractivity contribution in [1.82, 2.24) is 5.32 Å². The van der Waals surface area contributed by atoms with Crippen molar-refractivity contribution >= 4 is 21.6 Å². The van der Waals surface area contributed by atoms with Crippen LogP contribution < -0.4 is 19.1 Å². The number of carbonyl (C=O) groups excluding carboxylic acids is 1. The Morgan fingerprint density at radius 2 is 1.68 bits per heavy atom. The van der Waals surface area contributed by atoms with Crippen LogP contribution in [-0.2, 0) is 21.2 Å². The molecule has 0 spiro atoms. The number of hydrogen-bond donors (Lipinski definition) is 1. The highest BCUT2D eigenvalue weighted by atomic mass is 32.2. The minimum atomic E-state index is -4.00. The predicted molar refractivity (Wildman–Crippen MR) is 129 cm³/mol. The minimum absolute atomic E-state index is 0.112. The fourth-order valence-electron chi connectivity index (χ4n) is 4.50. The summed E-state index contributed by atoms with van der Waals surface area (Å²) in [6.45, 7) is 0.461. The number of rotatable bonds is 6. The number of benzene rings is 3. The number of nitrogens with zero attached hydrogens (tertiary/aromatic N) is 1. The predicted octanol–water partition coefficient (Wildman–Crippen LogP) is 3.85. The Kier molecular flexibility index (Phi) is 6.15. The number of anilines is 1. The van der Waals surface area contributed by atoms with Gasteiger partial charge in [0.05, 0.1) is 16.6 Å². The average Bonchev–Trinajstić information content (AvgIpc) is 2.88. The van der Waals surface area contributed by atoms with Crippen LogP contribution in [0.3, 0.4) is 0 Å². The second kappa shape index (κ2) is 9.38. The highest BCUT2D eigenvalue weighted by Gasteiger charge is 2.30. The van der Waals surface area contributed by atoms with Gasteiger partial charge in [-0.1, -0.05) is 42.5 Å². The molecule has 1 heterocycles. The topological polar surface area (TPSA) is 84.9 Å². The summed E-state index contributed by atoms with van der Waals surface area (Å²) < 4.78 is 39.6. The van der Waals surface area contributed by atoms with Gasteiger partial charge in [-0.05, 0) is 54.7 Å². The average molecular weight is 479 g/mol. The standard InChI is InChI=1S/C26H26N2O5S/c29-26(27-23-12-6-8-19-7-4-5-11-22(19)23)18-28(34(30,31)21-9-2-1-3-10-21)20-13-14-24-25(17-20)33-16-15-32-24/h1-5,7,9-11,13-14,17,23H,6,8,12,15-16,18H2,(H,27,29). The zero-order valence-electron chi connectivity index (χ0n) is 18.6. The van der Waals surface area contributed by atoms with Crippen LogP contribution in [0.4, 0.5) is 5.69 Å². The van der Waals surface area contributed by atoms with E-state index in [1.807, 2.05) is 18.2 Å². The maximum absolute atomic E-state index is 13.6. The molecule has 3 aromatic rings. The maximum atomic E-state index is 13.6. The summed E-state index contributed by atoms with van der Waals surface area (Å²) in [5, 5.41) is 3.06. The summed E-state index contributed by atoms with van der Waals surface area (Å²) in [4.78, 5) is 13.3. The summed E-state index contributed by atoms with van der Waals surface area (Å²) in [5.74, 6) is 0.644. The van der Waals surface area contributed by atoms with E-state index in [9.17, 15) is 13.2 Å². The van der Waals surface area contributed by atoms with Gasteiger partial charge in [0.1, 0.15) is 19.8 Å². The van der Waals surface area contributed by atoms with Crippen LogP contribution in [-0.4, -0.2) is 34.1 Å². The molecule has 7 nitrogen and oxygen atoms in total. The molecule has 0 aromatic heterocycles. The number of amides is 1. The first-order valence-electron chi connectivity index (χ1n) is 11.4. The van der Waals surface area contributed by atoms with Gasteiger partial charge in [-0.3, -0.25) is 9.10 Å². The molecular weight excluding hydrogens is 452 g/mol. The zero-order chi connectivity index (χ0) is 23.5. The minimum Gasteiger partial charge on any atom is -0.486 e. The molecule has 1 amide bonds. The van der Waals surface area contributed by atoms with E-state index in [0.29, 0.717) is 30.4 Å². The Bertz CT molecular complexity index is 1290. The molecule has 1 N–H and O–H groups in total. The van der Waals surface area contributed by atoms with Crippen molar-refractivity contribution in [1.29, 1.82) is 0 Å². The number of hydrogen-bond acceptors (Lipinski definition) is 5. The lowest BCUT2D eigenvalue weighted by Crippen LogP contribution is -2.42. The van der Waals surface area contributed by atoms with E-state index in [-0.39, 0.29) is 23.4 Å². The van der Waals surface area contributed by atoms with Crippen LogP contribution >= 0.6 is 0 Å². The molecule has 176 valence electrons. The largest absolute Gasteiger partial charge is 0.486 e. The first kappa shape index (κ1) is 22.3. The summed E-state index contributed by atoms with van der Waals surface area (Å²) in [6.07, 6.45) is 2.77. The lowest BCUT2D eigenvalue weighted by Gasteiger charge is -2.29. The lowest BCUT2D eigenvalue weighted by atomic mass is 9.88. The number of carbonyl (C=O) groups is 1. The molecular formula is C26H26N2O5S. The van der Waals surface area contributed by atoms with E-state index in [1.54, 1.807) is 36.4 Å². The van der Waals surface area contributed by atoms with E-state index in [4.69, 9.17) is 9.47 Å². The number of sulfonamides is 1. The normalized spacial score (nSPS) is 16.9. The van der Waals surface area contributed by atoms with Crippen molar-refractivity contribution in [3.63, 3.8) is 0 Å². The van der Waals surface area contributed by atoms with Crippen LogP contribution in [0.5, 0.6) is 11.5 Å². The molecule has 2 aliphatic rings. The van der Waals surface area contributed by atoms with Crippen molar-refractivity contribution < 1.29 is 22.7 Å². The van der Waals surface area contributed by atoms with Crippen LogP contribution in [0.25, 0.3) is 0 Å². The summed E-state index contributed by atoms with van der Waals surface area (Å²) in [7, 11) is -4.00. The van der Waals surface area contributed by atoms with Crippen molar-refractivity contribution in [2.24, 2.45) is 0 Å². The SMILES string of the molecule is O=C(CN(c1ccc2c(c1)OCCO2)S(=O)(=O)c1ccccc1)NC1CCCc2ccccc21. The Labute approximate surface area is 199 Å². The lowest BCUT2D eigenvalue weighted by molar-refractivity contribution is -0.120. The fourth-order valence-corrected chi connectivity index (χ4v) is 5.93. The summed E-state index contributed by atoms with van der Waals surface area (Å²) in [6, 6.07) is 21.0. The molecule has 0 bridgehead atoms. The fraction of sp³-hybridized carbons (Fsp3) is 0.269. The highest BCUT2D eigenvalue weighted by molar-refractivity contribution is 7.92. The van der Waals surface area contributed by atoms with E-state index >= 15 is 0 Å². The molecule has 3 aromatic carbocycles. The second-order valence-corrected chi connectivity index (χ2v) is 10.2. The van der Waals surface area contributed by atoms with E-state index < -0.39 is 10.0 Å². The molecule has 8 heteroatoms. The molecule has 0 radical (unpaired) electrons. The third-order valence-electron chi connectivity index (χ3n) is 6.14. The van der Waals surface area contributed by atoms with Gasteiger partial charge in [0.25, 0.3) is 10.0 Å². The van der Waals surface area contributed by atoms with Crippen molar-refractivity contribution in [2.45, 2.75) is 30.2 Å². The third-order valence-corrected chi connectivity index (χ3v) is 7.92. The van der Waals surface area contributed by atoms with E-state index in [0.717, 1.165) is 29.1 Å². The smallest absolute Gasteiger partial charge is 0.264 e. The first-order chi connectivity index (χ1) is 16.5. The highest BCUT2D eigenvalue weighted by Crippen LogP contribution is 2.36. The zero-order valence-corrected chi connectivity index (χ0v) is 19.5.